The molecule has 9 nitrogen and oxygen atoms in total. The van der Waals surface area contributed by atoms with Crippen LogP contribution in [0, 0.1) is 17.1 Å². The van der Waals surface area contributed by atoms with Gasteiger partial charge < -0.3 is 14.6 Å². The summed E-state index contributed by atoms with van der Waals surface area (Å²) in [6.07, 6.45) is -5.00. The summed E-state index contributed by atoms with van der Waals surface area (Å²) in [7, 11) is 0.767. The van der Waals surface area contributed by atoms with Gasteiger partial charge in [-0.3, -0.25) is 9.36 Å². The summed E-state index contributed by atoms with van der Waals surface area (Å²) in [5, 5.41) is 18.0. The van der Waals surface area contributed by atoms with Crippen LogP contribution in [0.1, 0.15) is 11.3 Å². The number of nitrogens with zero attached hydrogens (tertiary/aromatic N) is 3. The van der Waals surface area contributed by atoms with Crippen LogP contribution in [0.4, 0.5) is 17.6 Å². The zero-order chi connectivity index (χ0) is 25.2. The molecule has 0 spiro atoms. The molecule has 0 fully saturated rings. The number of aromatic nitrogens is 2. The second kappa shape index (κ2) is 9.10. The number of benzene rings is 2. The van der Waals surface area contributed by atoms with Crippen molar-refractivity contribution in [3.63, 3.8) is 0 Å². The first-order valence-corrected chi connectivity index (χ1v) is 9.19. The Morgan fingerprint density at radius 3 is 2.44 bits per heavy atom. The van der Waals surface area contributed by atoms with Gasteiger partial charge >= 0.3 is 17.8 Å². The fraction of sp³-hybridized carbons (Fsp3) is 0.143. The van der Waals surface area contributed by atoms with E-state index in [-0.39, 0.29) is 38.0 Å². The molecule has 0 aliphatic rings. The Balaban J connectivity index is 2.11. The minimum atomic E-state index is -5.00. The van der Waals surface area contributed by atoms with Gasteiger partial charge in [-0.05, 0) is 18.2 Å². The van der Waals surface area contributed by atoms with Gasteiger partial charge in [0.1, 0.15) is 34.8 Å². The zero-order valence-electron chi connectivity index (χ0n) is 17.1. The first-order valence-electron chi connectivity index (χ1n) is 9.19. The lowest BCUT2D eigenvalue weighted by Crippen LogP contribution is -2.41. The molecule has 1 aromatic heterocycles. The molecule has 0 saturated carbocycles. The topological polar surface area (TPSA) is 124 Å². The van der Waals surface area contributed by atoms with Gasteiger partial charge in [0.15, 0.2) is 6.61 Å². The molecule has 34 heavy (non-hydrogen) atoms. The Kier molecular flexibility index (Phi) is 6.44. The van der Waals surface area contributed by atoms with E-state index in [2.05, 4.69) is 0 Å². The standard InChI is InChI=1S/C21H13F4N3O6/c1-27-17(21(23,24)25)8-18(29)28(20(27)32)15-7-16(11(9-26)5-14(15)22)34-13-4-2-3-12(6-13)33-10-19(30)31/h2-8H,10H2,1H3,(H,30,31). The molecule has 176 valence electrons. The highest BCUT2D eigenvalue weighted by atomic mass is 19.4. The van der Waals surface area contributed by atoms with Gasteiger partial charge in [0.05, 0.1) is 11.3 Å². The SMILES string of the molecule is Cn1c(C(F)(F)F)cc(=O)n(-c2cc(Oc3cccc(OCC(=O)O)c3)c(C#N)cc2F)c1=O. The van der Waals surface area contributed by atoms with Crippen molar-refractivity contribution in [1.82, 2.24) is 9.13 Å². The molecule has 1 N–H and O–H groups in total. The molecule has 0 bridgehead atoms. The van der Waals surface area contributed by atoms with Crippen molar-refractivity contribution in [1.29, 1.82) is 5.26 Å². The fourth-order valence-corrected chi connectivity index (χ4v) is 2.90. The molecule has 0 unspecified atom stereocenters. The highest BCUT2D eigenvalue weighted by Crippen LogP contribution is 2.31. The Bertz CT molecular complexity index is 1440. The molecule has 0 aliphatic carbocycles. The van der Waals surface area contributed by atoms with Crippen molar-refractivity contribution < 1.29 is 36.9 Å². The Hall–Kier alpha value is -4.60. The minimum Gasteiger partial charge on any atom is -0.482 e. The predicted octanol–water partition coefficient (Wildman–Crippen LogP) is 2.82. The smallest absolute Gasteiger partial charge is 0.431 e. The summed E-state index contributed by atoms with van der Waals surface area (Å²) in [5.74, 6) is -2.69. The third-order valence-corrected chi connectivity index (χ3v) is 4.42. The van der Waals surface area contributed by atoms with Gasteiger partial charge in [-0.15, -0.1) is 0 Å². The summed E-state index contributed by atoms with van der Waals surface area (Å²) < 4.78 is 64.8. The van der Waals surface area contributed by atoms with E-state index in [1.165, 1.54) is 24.3 Å². The second-order valence-electron chi connectivity index (χ2n) is 6.71. The molecule has 2 aromatic carbocycles. The van der Waals surface area contributed by atoms with E-state index in [0.717, 1.165) is 13.1 Å². The van der Waals surface area contributed by atoms with Crippen LogP contribution in [0.3, 0.4) is 0 Å². The summed E-state index contributed by atoms with van der Waals surface area (Å²) in [4.78, 5) is 35.5. The van der Waals surface area contributed by atoms with Crippen LogP contribution in [0.15, 0.2) is 52.1 Å². The number of nitriles is 1. The Labute approximate surface area is 187 Å². The summed E-state index contributed by atoms with van der Waals surface area (Å²) in [6.45, 7) is -0.645. The van der Waals surface area contributed by atoms with Gasteiger partial charge in [-0.2, -0.15) is 18.4 Å². The number of rotatable bonds is 6. The highest BCUT2D eigenvalue weighted by molar-refractivity contribution is 5.68. The Morgan fingerprint density at radius 2 is 1.82 bits per heavy atom. The van der Waals surface area contributed by atoms with E-state index in [1.807, 2.05) is 0 Å². The molecule has 0 saturated heterocycles. The van der Waals surface area contributed by atoms with Crippen molar-refractivity contribution in [2.75, 3.05) is 6.61 Å². The van der Waals surface area contributed by atoms with Gasteiger partial charge in [-0.1, -0.05) is 6.07 Å². The Morgan fingerprint density at radius 1 is 1.15 bits per heavy atom. The average molecular weight is 479 g/mol. The van der Waals surface area contributed by atoms with Crippen LogP contribution in [0.5, 0.6) is 17.2 Å². The normalized spacial score (nSPS) is 11.1. The van der Waals surface area contributed by atoms with Gasteiger partial charge in [0, 0.05) is 25.2 Å². The van der Waals surface area contributed by atoms with E-state index in [4.69, 9.17) is 14.6 Å². The number of hydrogen-bond donors (Lipinski definition) is 1. The van der Waals surface area contributed by atoms with Crippen LogP contribution in [0.25, 0.3) is 5.69 Å². The minimum absolute atomic E-state index is 0.0182. The van der Waals surface area contributed by atoms with Crippen molar-refractivity contribution in [2.45, 2.75) is 6.18 Å². The zero-order valence-corrected chi connectivity index (χ0v) is 17.1. The second-order valence-corrected chi connectivity index (χ2v) is 6.71. The lowest BCUT2D eigenvalue weighted by molar-refractivity contribution is -0.144. The quantitative estimate of drug-likeness (QED) is 0.540. The van der Waals surface area contributed by atoms with Crippen molar-refractivity contribution in [3.05, 3.63) is 80.4 Å². The molecule has 0 amide bonds. The highest BCUT2D eigenvalue weighted by Gasteiger charge is 2.35. The first-order chi connectivity index (χ1) is 15.9. The number of carboxylic acid groups (broad SMARTS) is 1. The number of alkyl halides is 3. The van der Waals surface area contributed by atoms with E-state index in [0.29, 0.717) is 6.07 Å². The number of carboxylic acids is 1. The van der Waals surface area contributed by atoms with Crippen LogP contribution >= 0.6 is 0 Å². The number of hydrogen-bond acceptors (Lipinski definition) is 6. The molecule has 0 atom stereocenters. The largest absolute Gasteiger partial charge is 0.482 e. The van der Waals surface area contributed by atoms with E-state index < -0.39 is 47.2 Å². The first kappa shape index (κ1) is 24.1. The fourth-order valence-electron chi connectivity index (χ4n) is 2.90. The maximum atomic E-state index is 14.7. The van der Waals surface area contributed by atoms with Crippen LogP contribution in [0.2, 0.25) is 0 Å². The summed E-state index contributed by atoms with van der Waals surface area (Å²) in [6, 6.07) is 8.77. The molecule has 0 radical (unpaired) electrons. The maximum absolute atomic E-state index is 14.7. The lowest BCUT2D eigenvalue weighted by atomic mass is 10.1. The summed E-state index contributed by atoms with van der Waals surface area (Å²) in [5.41, 5.74) is -5.54. The molecular weight excluding hydrogens is 466 g/mol. The summed E-state index contributed by atoms with van der Waals surface area (Å²) >= 11 is 0. The molecule has 0 aliphatic heterocycles. The molecule has 3 rings (SSSR count). The van der Waals surface area contributed by atoms with Gasteiger partial charge in [-0.25, -0.2) is 18.5 Å². The predicted molar refractivity (Wildman–Crippen MR) is 107 cm³/mol. The maximum Gasteiger partial charge on any atom is 0.431 e. The third-order valence-electron chi connectivity index (χ3n) is 4.42. The monoisotopic (exact) mass is 479 g/mol. The van der Waals surface area contributed by atoms with E-state index in [9.17, 15) is 37.2 Å². The van der Waals surface area contributed by atoms with Crippen LogP contribution in [-0.4, -0.2) is 26.8 Å². The number of carbonyl (C=O) groups is 1. The van der Waals surface area contributed by atoms with Crippen molar-refractivity contribution in [2.24, 2.45) is 7.05 Å². The van der Waals surface area contributed by atoms with Crippen LogP contribution < -0.4 is 20.7 Å². The number of halogens is 4. The van der Waals surface area contributed by atoms with E-state index >= 15 is 0 Å². The van der Waals surface area contributed by atoms with Crippen molar-refractivity contribution >= 4 is 5.97 Å². The molecular formula is C21H13F4N3O6. The van der Waals surface area contributed by atoms with Gasteiger partial charge in [0.2, 0.25) is 0 Å². The molecule has 1 heterocycles. The third kappa shape index (κ3) is 4.90. The molecule has 13 heteroatoms. The molecule has 3 aromatic rings. The van der Waals surface area contributed by atoms with Crippen molar-refractivity contribution in [3.8, 4) is 29.0 Å². The number of ether oxygens (including phenoxy) is 2. The van der Waals surface area contributed by atoms with E-state index in [1.54, 1.807) is 6.07 Å². The van der Waals surface area contributed by atoms with Gasteiger partial charge in [0.25, 0.3) is 5.56 Å². The number of aliphatic carboxylic acids is 1. The van der Waals surface area contributed by atoms with Crippen LogP contribution in [-0.2, 0) is 18.0 Å². The lowest BCUT2D eigenvalue weighted by Gasteiger charge is -2.15. The average Bonchev–Trinajstić information content (AvgIpc) is 2.76.